The van der Waals surface area contributed by atoms with Gasteiger partial charge in [-0.2, -0.15) is 0 Å². The highest BCUT2D eigenvalue weighted by molar-refractivity contribution is 9.10. The second-order valence-electron chi connectivity index (χ2n) is 4.77. The fourth-order valence-electron chi connectivity index (χ4n) is 2.51. The zero-order valence-corrected chi connectivity index (χ0v) is 11.8. The van der Waals surface area contributed by atoms with Crippen molar-refractivity contribution >= 4 is 27.8 Å². The minimum Gasteiger partial charge on any atom is -0.353 e. The molecular weight excluding hydrogens is 296 g/mol. The zero-order valence-electron chi connectivity index (χ0n) is 10.2. The molecule has 18 heavy (non-hydrogen) atoms. The number of nitrogens with zero attached hydrogens (tertiary/aromatic N) is 3. The molecule has 6 heteroatoms. The number of aromatic nitrogens is 1. The van der Waals surface area contributed by atoms with Gasteiger partial charge in [-0.1, -0.05) is 0 Å². The van der Waals surface area contributed by atoms with Gasteiger partial charge in [-0.3, -0.25) is 0 Å². The molecular formula is C12H15BrN4O. The summed E-state index contributed by atoms with van der Waals surface area (Å²) in [5, 5.41) is 2.89. The molecule has 1 atom stereocenters. The van der Waals surface area contributed by atoms with Crippen molar-refractivity contribution in [2.75, 3.05) is 31.1 Å². The first-order valence-electron chi connectivity index (χ1n) is 6.07. The third-order valence-electron chi connectivity index (χ3n) is 3.59. The van der Waals surface area contributed by atoms with Crippen LogP contribution in [0.2, 0.25) is 0 Å². The standard InChI is InChI=1S/C12H15BrN4O/c1-8-4-11(14-6-10(8)13)16-2-3-17-9(7-16)5-15-12(17)18/h4,6,9H,2-3,5,7H2,1H3,(H,15,18). The maximum absolute atomic E-state index is 11.5. The minimum absolute atomic E-state index is 0.0691. The van der Waals surface area contributed by atoms with Gasteiger partial charge in [0.05, 0.1) is 6.04 Å². The molecule has 96 valence electrons. The molecule has 0 spiro atoms. The van der Waals surface area contributed by atoms with Crippen molar-refractivity contribution in [1.82, 2.24) is 15.2 Å². The largest absolute Gasteiger partial charge is 0.353 e. The van der Waals surface area contributed by atoms with Crippen LogP contribution in [0.1, 0.15) is 5.56 Å². The number of fused-ring (bicyclic) bond motifs is 1. The molecule has 1 aromatic heterocycles. The summed E-state index contributed by atoms with van der Waals surface area (Å²) in [5.74, 6) is 0.995. The van der Waals surface area contributed by atoms with Crippen LogP contribution in [0.4, 0.5) is 10.6 Å². The Labute approximate surface area is 114 Å². The summed E-state index contributed by atoms with van der Waals surface area (Å²) in [6.07, 6.45) is 1.84. The van der Waals surface area contributed by atoms with E-state index in [1.165, 1.54) is 5.56 Å². The third kappa shape index (κ3) is 1.94. The number of hydrogen-bond acceptors (Lipinski definition) is 3. The Morgan fingerprint density at radius 3 is 3.11 bits per heavy atom. The van der Waals surface area contributed by atoms with Gasteiger partial charge in [0.1, 0.15) is 5.82 Å². The van der Waals surface area contributed by atoms with Crippen LogP contribution in [0.25, 0.3) is 0 Å². The van der Waals surface area contributed by atoms with E-state index in [0.29, 0.717) is 0 Å². The van der Waals surface area contributed by atoms with E-state index in [0.717, 1.165) is 36.5 Å². The maximum atomic E-state index is 11.5. The van der Waals surface area contributed by atoms with E-state index >= 15 is 0 Å². The zero-order chi connectivity index (χ0) is 12.7. The van der Waals surface area contributed by atoms with Crippen molar-refractivity contribution in [3.05, 3.63) is 22.3 Å². The second kappa shape index (κ2) is 4.42. The number of halogens is 1. The van der Waals surface area contributed by atoms with Gasteiger partial charge in [-0.15, -0.1) is 0 Å². The fraction of sp³-hybridized carbons (Fsp3) is 0.500. The van der Waals surface area contributed by atoms with E-state index in [-0.39, 0.29) is 12.1 Å². The Kier molecular flexibility index (Phi) is 2.89. The Bertz CT molecular complexity index is 493. The van der Waals surface area contributed by atoms with Gasteiger partial charge in [0.15, 0.2) is 0 Å². The van der Waals surface area contributed by atoms with Gasteiger partial charge >= 0.3 is 6.03 Å². The number of rotatable bonds is 1. The van der Waals surface area contributed by atoms with Gasteiger partial charge in [0, 0.05) is 36.8 Å². The quantitative estimate of drug-likeness (QED) is 0.852. The molecule has 2 aliphatic rings. The van der Waals surface area contributed by atoms with Crippen molar-refractivity contribution in [2.45, 2.75) is 13.0 Å². The van der Waals surface area contributed by atoms with E-state index in [9.17, 15) is 4.79 Å². The van der Waals surface area contributed by atoms with Crippen LogP contribution in [0.5, 0.6) is 0 Å². The van der Waals surface area contributed by atoms with Gasteiger partial charge in [-0.25, -0.2) is 9.78 Å². The minimum atomic E-state index is 0.0691. The van der Waals surface area contributed by atoms with Crippen LogP contribution in [0.3, 0.4) is 0 Å². The van der Waals surface area contributed by atoms with E-state index in [2.05, 4.69) is 44.1 Å². The lowest BCUT2D eigenvalue weighted by Gasteiger charge is -2.37. The summed E-state index contributed by atoms with van der Waals surface area (Å²) in [7, 11) is 0. The van der Waals surface area contributed by atoms with Crippen LogP contribution in [-0.4, -0.2) is 48.1 Å². The summed E-state index contributed by atoms with van der Waals surface area (Å²) in [6.45, 7) is 5.27. The molecule has 1 N–H and O–H groups in total. The number of carbonyl (C=O) groups is 1. The Hall–Kier alpha value is -1.30. The molecule has 3 rings (SSSR count). The van der Waals surface area contributed by atoms with Crippen LogP contribution in [0, 0.1) is 6.92 Å². The molecule has 0 bridgehead atoms. The number of aryl methyl sites for hydroxylation is 1. The first-order chi connectivity index (χ1) is 8.65. The van der Waals surface area contributed by atoms with Crippen LogP contribution in [-0.2, 0) is 0 Å². The topological polar surface area (TPSA) is 48.5 Å². The van der Waals surface area contributed by atoms with Gasteiger partial charge < -0.3 is 15.1 Å². The summed E-state index contributed by atoms with van der Waals surface area (Å²) < 4.78 is 1.03. The lowest BCUT2D eigenvalue weighted by atomic mass is 10.2. The molecule has 0 aliphatic carbocycles. The fourth-order valence-corrected chi connectivity index (χ4v) is 2.73. The molecule has 2 aliphatic heterocycles. The Morgan fingerprint density at radius 2 is 2.33 bits per heavy atom. The van der Waals surface area contributed by atoms with Gasteiger partial charge in [0.2, 0.25) is 0 Å². The van der Waals surface area contributed by atoms with E-state index in [1.807, 2.05) is 11.1 Å². The first-order valence-corrected chi connectivity index (χ1v) is 6.86. The van der Waals surface area contributed by atoms with E-state index in [4.69, 9.17) is 0 Å². The average molecular weight is 311 g/mol. The Balaban J connectivity index is 1.78. The lowest BCUT2D eigenvalue weighted by Crippen LogP contribution is -2.52. The summed E-state index contributed by atoms with van der Waals surface area (Å²) >= 11 is 3.46. The van der Waals surface area contributed by atoms with E-state index < -0.39 is 0 Å². The Morgan fingerprint density at radius 1 is 1.50 bits per heavy atom. The second-order valence-corrected chi connectivity index (χ2v) is 5.63. The number of pyridine rings is 1. The number of amides is 2. The van der Waals surface area contributed by atoms with Crippen molar-refractivity contribution in [2.24, 2.45) is 0 Å². The third-order valence-corrected chi connectivity index (χ3v) is 4.42. The molecule has 5 nitrogen and oxygen atoms in total. The summed E-state index contributed by atoms with van der Waals surface area (Å²) in [6, 6.07) is 2.43. The van der Waals surface area contributed by atoms with Crippen molar-refractivity contribution < 1.29 is 4.79 Å². The van der Waals surface area contributed by atoms with Gasteiger partial charge in [-0.05, 0) is 34.5 Å². The number of carbonyl (C=O) groups excluding carboxylic acids is 1. The number of hydrogen-bond donors (Lipinski definition) is 1. The predicted octanol–water partition coefficient (Wildman–Crippen LogP) is 1.37. The first kappa shape index (κ1) is 11.8. The molecule has 1 unspecified atom stereocenters. The highest BCUT2D eigenvalue weighted by Crippen LogP contribution is 2.23. The number of urea groups is 1. The molecule has 2 saturated heterocycles. The normalized spacial score (nSPS) is 23.0. The molecule has 0 radical (unpaired) electrons. The molecule has 1 aromatic rings. The SMILES string of the molecule is Cc1cc(N2CCN3C(=O)NCC3C2)ncc1Br. The monoisotopic (exact) mass is 310 g/mol. The summed E-state index contributed by atoms with van der Waals surface area (Å²) in [5.41, 5.74) is 1.18. The highest BCUT2D eigenvalue weighted by atomic mass is 79.9. The number of anilines is 1. The molecule has 0 saturated carbocycles. The van der Waals surface area contributed by atoms with Crippen molar-refractivity contribution in [3.8, 4) is 0 Å². The average Bonchev–Trinajstić information content (AvgIpc) is 2.74. The number of piperazine rings is 1. The molecule has 2 fully saturated rings. The smallest absolute Gasteiger partial charge is 0.317 e. The van der Waals surface area contributed by atoms with E-state index in [1.54, 1.807) is 0 Å². The lowest BCUT2D eigenvalue weighted by molar-refractivity contribution is 0.197. The molecule has 2 amide bonds. The predicted molar refractivity (Wildman–Crippen MR) is 72.8 cm³/mol. The van der Waals surface area contributed by atoms with Crippen molar-refractivity contribution in [1.29, 1.82) is 0 Å². The highest BCUT2D eigenvalue weighted by Gasteiger charge is 2.35. The molecule has 0 aromatic carbocycles. The van der Waals surface area contributed by atoms with Gasteiger partial charge in [0.25, 0.3) is 0 Å². The summed E-state index contributed by atoms with van der Waals surface area (Å²) in [4.78, 5) is 20.1. The van der Waals surface area contributed by atoms with Crippen molar-refractivity contribution in [3.63, 3.8) is 0 Å². The van der Waals surface area contributed by atoms with Crippen LogP contribution >= 0.6 is 15.9 Å². The van der Waals surface area contributed by atoms with Crippen LogP contribution < -0.4 is 10.2 Å². The molecule has 3 heterocycles. The van der Waals surface area contributed by atoms with Crippen LogP contribution in [0.15, 0.2) is 16.7 Å². The maximum Gasteiger partial charge on any atom is 0.317 e. The number of nitrogens with one attached hydrogen (secondary N) is 1.